The van der Waals surface area contributed by atoms with Gasteiger partial charge in [0.25, 0.3) is 5.91 Å². The Morgan fingerprint density at radius 3 is 2.63 bits per heavy atom. The van der Waals surface area contributed by atoms with Gasteiger partial charge < -0.3 is 14.5 Å². The Morgan fingerprint density at radius 2 is 2.05 bits per heavy atom. The number of carbonyl (C=O) groups excluding carboxylic acids is 1. The molecular formula is C15H22N2O2. The van der Waals surface area contributed by atoms with Crippen molar-refractivity contribution in [3.8, 4) is 0 Å². The molecule has 1 saturated heterocycles. The highest BCUT2D eigenvalue weighted by atomic mass is 16.5. The number of hydrogen-bond donors (Lipinski definition) is 0. The molecule has 0 saturated carbocycles. The Bertz CT molecular complexity index is 428. The fourth-order valence-electron chi connectivity index (χ4n) is 2.59. The van der Waals surface area contributed by atoms with Crippen LogP contribution in [0, 0.1) is 0 Å². The van der Waals surface area contributed by atoms with Gasteiger partial charge in [0, 0.05) is 39.0 Å². The first-order chi connectivity index (χ1) is 9.13. The first-order valence-corrected chi connectivity index (χ1v) is 6.70. The van der Waals surface area contributed by atoms with Gasteiger partial charge in [-0.3, -0.25) is 4.79 Å². The molecule has 1 heterocycles. The molecule has 1 amide bonds. The van der Waals surface area contributed by atoms with Crippen LogP contribution in [-0.4, -0.2) is 51.2 Å². The fourth-order valence-corrected chi connectivity index (χ4v) is 2.59. The lowest BCUT2D eigenvalue weighted by atomic mass is 10.1. The second-order valence-electron chi connectivity index (χ2n) is 5.19. The molecule has 19 heavy (non-hydrogen) atoms. The smallest absolute Gasteiger partial charge is 0.253 e. The van der Waals surface area contributed by atoms with Crippen LogP contribution in [-0.2, 0) is 4.74 Å². The van der Waals surface area contributed by atoms with E-state index in [0.717, 1.165) is 18.7 Å². The maximum Gasteiger partial charge on any atom is 0.253 e. The van der Waals surface area contributed by atoms with Crippen LogP contribution in [0.25, 0.3) is 0 Å². The zero-order valence-electron chi connectivity index (χ0n) is 11.9. The van der Waals surface area contributed by atoms with Crippen molar-refractivity contribution >= 4 is 11.6 Å². The Hall–Kier alpha value is -1.55. The van der Waals surface area contributed by atoms with Crippen LogP contribution < -0.4 is 4.90 Å². The topological polar surface area (TPSA) is 32.8 Å². The number of hydrogen-bond acceptors (Lipinski definition) is 3. The molecule has 1 fully saturated rings. The second-order valence-corrected chi connectivity index (χ2v) is 5.19. The number of nitrogens with zero attached hydrogens (tertiary/aromatic N) is 2. The van der Waals surface area contributed by atoms with Crippen molar-refractivity contribution in [2.24, 2.45) is 0 Å². The van der Waals surface area contributed by atoms with Crippen molar-refractivity contribution in [1.82, 2.24) is 4.90 Å². The highest BCUT2D eigenvalue weighted by Crippen LogP contribution is 2.26. The Morgan fingerprint density at radius 1 is 1.37 bits per heavy atom. The van der Waals surface area contributed by atoms with Crippen molar-refractivity contribution in [2.45, 2.75) is 18.9 Å². The largest absolute Gasteiger partial charge is 0.383 e. The molecule has 1 aromatic rings. The normalized spacial score (nSPS) is 18.7. The standard InChI is InChI=1S/C15H22N2O2/c1-16(2)15(18)12-6-8-13(9-7-12)17-10-4-5-14(17)11-19-3/h6-9,14H,4-5,10-11H2,1-3H3/t14-/m0/s1. The summed E-state index contributed by atoms with van der Waals surface area (Å²) in [4.78, 5) is 15.8. The predicted octanol–water partition coefficient (Wildman–Crippen LogP) is 2.00. The van der Waals surface area contributed by atoms with E-state index < -0.39 is 0 Å². The van der Waals surface area contributed by atoms with Crippen LogP contribution in [0.4, 0.5) is 5.69 Å². The Kier molecular flexibility index (Phi) is 4.43. The summed E-state index contributed by atoms with van der Waals surface area (Å²) in [5.74, 6) is 0.0430. The van der Waals surface area contributed by atoms with Gasteiger partial charge >= 0.3 is 0 Å². The average molecular weight is 262 g/mol. The number of ether oxygens (including phenoxy) is 1. The van der Waals surface area contributed by atoms with Gasteiger partial charge in [-0.05, 0) is 37.1 Å². The zero-order chi connectivity index (χ0) is 13.8. The molecule has 0 aliphatic carbocycles. The minimum Gasteiger partial charge on any atom is -0.383 e. The molecule has 0 N–H and O–H groups in total. The van der Waals surface area contributed by atoms with E-state index in [1.165, 1.54) is 18.5 Å². The van der Waals surface area contributed by atoms with Gasteiger partial charge in [0.05, 0.1) is 12.6 Å². The molecule has 0 spiro atoms. The zero-order valence-corrected chi connectivity index (χ0v) is 11.9. The molecule has 0 aromatic heterocycles. The summed E-state index contributed by atoms with van der Waals surface area (Å²) in [5.41, 5.74) is 1.91. The Labute approximate surface area is 115 Å². The summed E-state index contributed by atoms with van der Waals surface area (Å²) < 4.78 is 5.27. The number of carbonyl (C=O) groups is 1. The van der Waals surface area contributed by atoms with Crippen LogP contribution in [0.1, 0.15) is 23.2 Å². The lowest BCUT2D eigenvalue weighted by Crippen LogP contribution is -2.32. The van der Waals surface area contributed by atoms with Gasteiger partial charge in [-0.1, -0.05) is 0 Å². The molecule has 1 aliphatic heterocycles. The van der Waals surface area contributed by atoms with Crippen molar-refractivity contribution in [2.75, 3.05) is 39.3 Å². The summed E-state index contributed by atoms with van der Waals surface area (Å²) in [5, 5.41) is 0. The maximum absolute atomic E-state index is 11.8. The first kappa shape index (κ1) is 13.9. The molecule has 4 heteroatoms. The lowest BCUT2D eigenvalue weighted by molar-refractivity contribution is 0.0827. The molecule has 104 valence electrons. The van der Waals surface area contributed by atoms with E-state index in [4.69, 9.17) is 4.74 Å². The van der Waals surface area contributed by atoms with E-state index in [1.54, 1.807) is 26.1 Å². The average Bonchev–Trinajstić information content (AvgIpc) is 2.87. The van der Waals surface area contributed by atoms with E-state index in [2.05, 4.69) is 4.90 Å². The minimum absolute atomic E-state index is 0.0430. The Balaban J connectivity index is 2.11. The highest BCUT2D eigenvalue weighted by Gasteiger charge is 2.24. The monoisotopic (exact) mass is 262 g/mol. The third kappa shape index (κ3) is 3.07. The molecule has 1 aromatic carbocycles. The number of benzene rings is 1. The molecule has 1 atom stereocenters. The van der Waals surface area contributed by atoms with Crippen LogP contribution in [0.2, 0.25) is 0 Å². The molecule has 2 rings (SSSR count). The molecule has 0 bridgehead atoms. The van der Waals surface area contributed by atoms with E-state index >= 15 is 0 Å². The SMILES string of the molecule is COC[C@@H]1CCCN1c1ccc(C(=O)N(C)C)cc1. The highest BCUT2D eigenvalue weighted by molar-refractivity contribution is 5.94. The quantitative estimate of drug-likeness (QED) is 0.832. The van der Waals surface area contributed by atoms with Gasteiger partial charge in [-0.25, -0.2) is 0 Å². The fraction of sp³-hybridized carbons (Fsp3) is 0.533. The van der Waals surface area contributed by atoms with Crippen molar-refractivity contribution in [3.05, 3.63) is 29.8 Å². The summed E-state index contributed by atoms with van der Waals surface area (Å²) in [7, 11) is 5.28. The molecular weight excluding hydrogens is 240 g/mol. The summed E-state index contributed by atoms with van der Waals surface area (Å²) in [6, 6.07) is 8.33. The van der Waals surface area contributed by atoms with Crippen LogP contribution >= 0.6 is 0 Å². The van der Waals surface area contributed by atoms with E-state index in [0.29, 0.717) is 6.04 Å². The number of rotatable bonds is 4. The van der Waals surface area contributed by atoms with Crippen LogP contribution in [0.5, 0.6) is 0 Å². The summed E-state index contributed by atoms with van der Waals surface area (Å²) in [6.07, 6.45) is 2.37. The van der Waals surface area contributed by atoms with Gasteiger partial charge in [0.2, 0.25) is 0 Å². The van der Waals surface area contributed by atoms with E-state index in [9.17, 15) is 4.79 Å². The maximum atomic E-state index is 11.8. The van der Waals surface area contributed by atoms with E-state index in [1.807, 2.05) is 24.3 Å². The van der Waals surface area contributed by atoms with Crippen molar-refractivity contribution in [1.29, 1.82) is 0 Å². The van der Waals surface area contributed by atoms with Crippen molar-refractivity contribution in [3.63, 3.8) is 0 Å². The number of amides is 1. The van der Waals surface area contributed by atoms with Gasteiger partial charge in [0.15, 0.2) is 0 Å². The third-order valence-electron chi connectivity index (χ3n) is 3.59. The van der Waals surface area contributed by atoms with Gasteiger partial charge in [0.1, 0.15) is 0 Å². The molecule has 1 aliphatic rings. The van der Waals surface area contributed by atoms with E-state index in [-0.39, 0.29) is 5.91 Å². The summed E-state index contributed by atoms with van der Waals surface area (Å²) >= 11 is 0. The molecule has 0 radical (unpaired) electrons. The molecule has 0 unspecified atom stereocenters. The lowest BCUT2D eigenvalue weighted by Gasteiger charge is -2.26. The number of anilines is 1. The van der Waals surface area contributed by atoms with Crippen LogP contribution in [0.15, 0.2) is 24.3 Å². The third-order valence-corrected chi connectivity index (χ3v) is 3.59. The molecule has 4 nitrogen and oxygen atoms in total. The summed E-state index contributed by atoms with van der Waals surface area (Å²) in [6.45, 7) is 1.83. The second kappa shape index (κ2) is 6.06. The minimum atomic E-state index is 0.0430. The van der Waals surface area contributed by atoms with Crippen LogP contribution in [0.3, 0.4) is 0 Å². The first-order valence-electron chi connectivity index (χ1n) is 6.70. The van der Waals surface area contributed by atoms with Gasteiger partial charge in [-0.15, -0.1) is 0 Å². The number of methoxy groups -OCH3 is 1. The van der Waals surface area contributed by atoms with Crippen molar-refractivity contribution < 1.29 is 9.53 Å². The predicted molar refractivity (Wildman–Crippen MR) is 76.7 cm³/mol. The van der Waals surface area contributed by atoms with Gasteiger partial charge in [-0.2, -0.15) is 0 Å².